The number of primary amides is 1. The maximum Gasteiger partial charge on any atom is 0.323 e. The largest absolute Gasteiger partial charge is 0.480 e. The minimum absolute atomic E-state index is 0.171. The van der Waals surface area contributed by atoms with E-state index in [4.69, 9.17) is 22.4 Å². The van der Waals surface area contributed by atoms with Gasteiger partial charge in [0.25, 0.3) is 0 Å². The van der Waals surface area contributed by atoms with Crippen LogP contribution in [0.2, 0.25) is 5.02 Å². The number of likely N-dealkylation sites (N-methyl/N-ethyl adjacent to an activating group) is 1. The molecule has 0 unspecified atom stereocenters. The smallest absolute Gasteiger partial charge is 0.323 e. The zero-order valence-electron chi connectivity index (χ0n) is 8.61. The molecule has 1 aromatic carbocycles. The summed E-state index contributed by atoms with van der Waals surface area (Å²) in [6.07, 6.45) is 0. The fraction of sp³-hybridized carbons (Fsp3) is 0.200. The Balaban J connectivity index is 2.98. The maximum atomic E-state index is 10.9. The fourth-order valence-corrected chi connectivity index (χ4v) is 1.58. The van der Waals surface area contributed by atoms with Gasteiger partial charge in [0, 0.05) is 12.6 Å². The van der Waals surface area contributed by atoms with Crippen LogP contribution in [0.15, 0.2) is 18.2 Å². The van der Waals surface area contributed by atoms with Gasteiger partial charge in [0.1, 0.15) is 6.54 Å². The molecule has 0 saturated carbocycles. The van der Waals surface area contributed by atoms with E-state index in [9.17, 15) is 9.59 Å². The van der Waals surface area contributed by atoms with Crippen LogP contribution >= 0.6 is 11.6 Å². The van der Waals surface area contributed by atoms with Crippen LogP contribution in [0.1, 0.15) is 10.4 Å². The molecule has 3 N–H and O–H groups in total. The number of benzene rings is 1. The van der Waals surface area contributed by atoms with E-state index in [1.54, 1.807) is 13.1 Å². The molecule has 1 aromatic rings. The molecule has 0 fully saturated rings. The van der Waals surface area contributed by atoms with Crippen LogP contribution in [0.3, 0.4) is 0 Å². The molecule has 0 bridgehead atoms. The molecule has 0 heterocycles. The molecule has 86 valence electrons. The highest BCUT2D eigenvalue weighted by molar-refractivity contribution is 6.33. The minimum Gasteiger partial charge on any atom is -0.480 e. The molecular weight excluding hydrogens is 232 g/mol. The maximum absolute atomic E-state index is 10.9. The number of aliphatic carboxylic acids is 1. The summed E-state index contributed by atoms with van der Waals surface area (Å²) in [6, 6.07) is 4.48. The summed E-state index contributed by atoms with van der Waals surface area (Å²) < 4.78 is 0. The molecular formula is C10H11ClN2O3. The molecule has 0 atom stereocenters. The molecule has 0 aliphatic heterocycles. The molecule has 0 aliphatic rings. The number of nitrogens with zero attached hydrogens (tertiary/aromatic N) is 1. The number of nitrogens with two attached hydrogens (primary N) is 1. The van der Waals surface area contributed by atoms with E-state index in [0.717, 1.165) is 0 Å². The van der Waals surface area contributed by atoms with Crippen molar-refractivity contribution >= 4 is 29.2 Å². The Morgan fingerprint density at radius 1 is 1.50 bits per heavy atom. The van der Waals surface area contributed by atoms with Gasteiger partial charge in [0.15, 0.2) is 0 Å². The van der Waals surface area contributed by atoms with Crippen LogP contribution in [0, 0.1) is 0 Å². The zero-order chi connectivity index (χ0) is 12.3. The van der Waals surface area contributed by atoms with Crippen LogP contribution < -0.4 is 10.6 Å². The summed E-state index contributed by atoms with van der Waals surface area (Å²) >= 11 is 5.91. The highest BCUT2D eigenvalue weighted by Crippen LogP contribution is 2.25. The topological polar surface area (TPSA) is 83.6 Å². The Morgan fingerprint density at radius 3 is 2.56 bits per heavy atom. The van der Waals surface area contributed by atoms with Crippen LogP contribution in [-0.4, -0.2) is 30.6 Å². The number of hydrogen-bond donors (Lipinski definition) is 2. The molecule has 0 saturated heterocycles. The van der Waals surface area contributed by atoms with Crippen LogP contribution in [-0.2, 0) is 4.79 Å². The van der Waals surface area contributed by atoms with E-state index in [1.165, 1.54) is 17.0 Å². The molecule has 6 heteroatoms. The SMILES string of the molecule is CN(CC(=O)O)c1ccc(C(N)=O)cc1Cl. The first kappa shape index (κ1) is 12.3. The number of carboxylic acid groups (broad SMARTS) is 1. The second kappa shape index (κ2) is 4.85. The average molecular weight is 243 g/mol. The summed E-state index contributed by atoms with van der Waals surface area (Å²) in [5, 5.41) is 8.91. The number of amides is 1. The third kappa shape index (κ3) is 2.87. The van der Waals surface area contributed by atoms with Gasteiger partial charge in [-0.3, -0.25) is 9.59 Å². The Labute approximate surface area is 97.4 Å². The van der Waals surface area contributed by atoms with E-state index >= 15 is 0 Å². The minimum atomic E-state index is -0.961. The quantitative estimate of drug-likeness (QED) is 0.824. The Kier molecular flexibility index (Phi) is 3.73. The van der Waals surface area contributed by atoms with Crippen molar-refractivity contribution < 1.29 is 14.7 Å². The highest BCUT2D eigenvalue weighted by atomic mass is 35.5. The molecule has 5 nitrogen and oxygen atoms in total. The molecule has 0 aliphatic carbocycles. The van der Waals surface area contributed by atoms with Crippen molar-refractivity contribution in [1.29, 1.82) is 0 Å². The number of anilines is 1. The van der Waals surface area contributed by atoms with Gasteiger partial charge in [-0.2, -0.15) is 0 Å². The van der Waals surface area contributed by atoms with Gasteiger partial charge in [-0.25, -0.2) is 0 Å². The van der Waals surface area contributed by atoms with Crippen molar-refractivity contribution in [3.8, 4) is 0 Å². The second-order valence-electron chi connectivity index (χ2n) is 3.28. The predicted octanol–water partition coefficient (Wildman–Crippen LogP) is 0.960. The predicted molar refractivity (Wildman–Crippen MR) is 60.9 cm³/mol. The normalized spacial score (nSPS) is 9.88. The standard InChI is InChI=1S/C10H11ClN2O3/c1-13(5-9(14)15)8-3-2-6(10(12)16)4-7(8)11/h2-4H,5H2,1H3,(H2,12,16)(H,14,15). The first-order chi connectivity index (χ1) is 7.41. The highest BCUT2D eigenvalue weighted by Gasteiger charge is 2.11. The van der Waals surface area contributed by atoms with Crippen molar-refractivity contribution in [2.24, 2.45) is 5.73 Å². The van der Waals surface area contributed by atoms with Crippen molar-refractivity contribution in [3.05, 3.63) is 28.8 Å². The second-order valence-corrected chi connectivity index (χ2v) is 3.69. The van der Waals surface area contributed by atoms with Gasteiger partial charge in [0.2, 0.25) is 5.91 Å². The van der Waals surface area contributed by atoms with Crippen molar-refractivity contribution in [2.45, 2.75) is 0 Å². The zero-order valence-corrected chi connectivity index (χ0v) is 9.36. The van der Waals surface area contributed by atoms with Gasteiger partial charge in [-0.1, -0.05) is 11.6 Å². The lowest BCUT2D eigenvalue weighted by Gasteiger charge is -2.18. The van der Waals surface area contributed by atoms with E-state index in [-0.39, 0.29) is 12.1 Å². The van der Waals surface area contributed by atoms with E-state index < -0.39 is 11.9 Å². The van der Waals surface area contributed by atoms with Gasteiger partial charge >= 0.3 is 5.97 Å². The monoisotopic (exact) mass is 242 g/mol. The molecule has 0 radical (unpaired) electrons. The van der Waals surface area contributed by atoms with Crippen molar-refractivity contribution in [1.82, 2.24) is 0 Å². The Morgan fingerprint density at radius 2 is 2.12 bits per heavy atom. The number of carboxylic acids is 1. The first-order valence-electron chi connectivity index (χ1n) is 4.44. The summed E-state index contributed by atoms with van der Waals surface area (Å²) in [5.74, 6) is -1.54. The Hall–Kier alpha value is -1.75. The van der Waals surface area contributed by atoms with Crippen LogP contribution in [0.5, 0.6) is 0 Å². The lowest BCUT2D eigenvalue weighted by atomic mass is 10.2. The van der Waals surface area contributed by atoms with Crippen molar-refractivity contribution in [3.63, 3.8) is 0 Å². The van der Waals surface area contributed by atoms with E-state index in [2.05, 4.69) is 0 Å². The summed E-state index contributed by atoms with van der Waals surface area (Å²) in [4.78, 5) is 22.8. The summed E-state index contributed by atoms with van der Waals surface area (Å²) in [6.45, 7) is -0.171. The molecule has 0 aromatic heterocycles. The molecule has 16 heavy (non-hydrogen) atoms. The van der Waals surface area contributed by atoms with Gasteiger partial charge in [-0.05, 0) is 18.2 Å². The summed E-state index contributed by atoms with van der Waals surface area (Å²) in [7, 11) is 1.60. The number of carbonyl (C=O) groups excluding carboxylic acids is 1. The first-order valence-corrected chi connectivity index (χ1v) is 4.82. The molecule has 1 rings (SSSR count). The third-order valence-corrected chi connectivity index (χ3v) is 2.32. The Bertz CT molecular complexity index is 434. The average Bonchev–Trinajstić information content (AvgIpc) is 2.15. The molecule has 1 amide bonds. The molecule has 0 spiro atoms. The summed E-state index contributed by atoms with van der Waals surface area (Å²) in [5.41, 5.74) is 5.91. The van der Waals surface area contributed by atoms with Crippen LogP contribution in [0.25, 0.3) is 0 Å². The van der Waals surface area contributed by atoms with Gasteiger partial charge < -0.3 is 15.7 Å². The number of halogens is 1. The van der Waals surface area contributed by atoms with Gasteiger partial charge in [-0.15, -0.1) is 0 Å². The number of carbonyl (C=O) groups is 2. The van der Waals surface area contributed by atoms with Crippen molar-refractivity contribution in [2.75, 3.05) is 18.5 Å². The fourth-order valence-electron chi connectivity index (χ4n) is 1.26. The van der Waals surface area contributed by atoms with Crippen LogP contribution in [0.4, 0.5) is 5.69 Å². The van der Waals surface area contributed by atoms with E-state index in [0.29, 0.717) is 10.7 Å². The van der Waals surface area contributed by atoms with E-state index in [1.807, 2.05) is 0 Å². The third-order valence-electron chi connectivity index (χ3n) is 2.02. The van der Waals surface area contributed by atoms with Gasteiger partial charge in [0.05, 0.1) is 10.7 Å². The lowest BCUT2D eigenvalue weighted by molar-refractivity contribution is -0.135. The lowest BCUT2D eigenvalue weighted by Crippen LogP contribution is -2.25. The number of rotatable bonds is 4. The number of hydrogen-bond acceptors (Lipinski definition) is 3.